The minimum absolute atomic E-state index is 0.303. The van der Waals surface area contributed by atoms with Crippen molar-refractivity contribution in [3.8, 4) is 0 Å². The fraction of sp³-hybridized carbons (Fsp3) is 0.357. The molecular formula is C14H17FN6. The van der Waals surface area contributed by atoms with Gasteiger partial charge >= 0.3 is 0 Å². The quantitative estimate of drug-likeness (QED) is 0.924. The van der Waals surface area contributed by atoms with Crippen LogP contribution in [0.1, 0.15) is 0 Å². The normalized spacial score (nSPS) is 16.0. The Bertz CT molecular complexity index is 612. The van der Waals surface area contributed by atoms with Crippen molar-refractivity contribution in [2.24, 2.45) is 0 Å². The first kappa shape index (κ1) is 13.7. The van der Waals surface area contributed by atoms with Crippen molar-refractivity contribution in [1.29, 1.82) is 0 Å². The summed E-state index contributed by atoms with van der Waals surface area (Å²) < 4.78 is 13.2. The molecule has 1 aromatic heterocycles. The lowest BCUT2D eigenvalue weighted by Crippen LogP contribution is -2.44. The zero-order valence-electron chi connectivity index (χ0n) is 11.8. The molecular weight excluding hydrogens is 271 g/mol. The van der Waals surface area contributed by atoms with E-state index in [1.807, 2.05) is 0 Å². The van der Waals surface area contributed by atoms with Gasteiger partial charge in [-0.3, -0.25) is 0 Å². The number of likely N-dealkylation sites (N-methyl/N-ethyl adjacent to an activating group) is 1. The highest BCUT2D eigenvalue weighted by Gasteiger charge is 2.16. The zero-order chi connectivity index (χ0) is 14.7. The lowest BCUT2D eigenvalue weighted by atomic mass is 10.3. The van der Waals surface area contributed by atoms with Crippen molar-refractivity contribution >= 4 is 17.5 Å². The van der Waals surface area contributed by atoms with Gasteiger partial charge in [0.25, 0.3) is 0 Å². The van der Waals surface area contributed by atoms with Crippen molar-refractivity contribution in [3.05, 3.63) is 36.3 Å². The first-order valence-corrected chi connectivity index (χ1v) is 6.86. The molecule has 110 valence electrons. The van der Waals surface area contributed by atoms with Crippen molar-refractivity contribution in [1.82, 2.24) is 20.1 Å². The summed E-state index contributed by atoms with van der Waals surface area (Å²) in [4.78, 5) is 8.89. The molecule has 0 saturated carbocycles. The van der Waals surface area contributed by atoms with E-state index in [0.717, 1.165) is 32.0 Å². The topological polar surface area (TPSA) is 57.2 Å². The van der Waals surface area contributed by atoms with E-state index in [9.17, 15) is 4.39 Å². The van der Waals surface area contributed by atoms with Crippen molar-refractivity contribution < 1.29 is 4.39 Å². The molecule has 7 heteroatoms. The van der Waals surface area contributed by atoms with Crippen LogP contribution >= 0.6 is 0 Å². The van der Waals surface area contributed by atoms with Crippen LogP contribution in [0.4, 0.5) is 21.8 Å². The minimum Gasteiger partial charge on any atom is -0.353 e. The highest BCUT2D eigenvalue weighted by atomic mass is 19.1. The van der Waals surface area contributed by atoms with Gasteiger partial charge in [0.2, 0.25) is 5.95 Å². The summed E-state index contributed by atoms with van der Waals surface area (Å²) in [7, 11) is 2.10. The van der Waals surface area contributed by atoms with E-state index in [4.69, 9.17) is 0 Å². The van der Waals surface area contributed by atoms with Gasteiger partial charge in [-0.2, -0.15) is 10.1 Å². The zero-order valence-corrected chi connectivity index (χ0v) is 11.8. The highest BCUT2D eigenvalue weighted by Crippen LogP contribution is 2.17. The Morgan fingerprint density at radius 2 is 2.00 bits per heavy atom. The standard InChI is InChI=1S/C14H17FN6/c1-20-5-7-21(8-6-20)13-10-16-19-14(18-13)17-12-4-2-3-11(15)9-12/h2-4,9-10H,5-8H2,1H3,(H,17,18,19). The van der Waals surface area contributed by atoms with Gasteiger partial charge in [0, 0.05) is 31.9 Å². The lowest BCUT2D eigenvalue weighted by molar-refractivity contribution is 0.312. The number of hydrogen-bond acceptors (Lipinski definition) is 6. The van der Waals surface area contributed by atoms with Gasteiger partial charge in [-0.15, -0.1) is 5.10 Å². The summed E-state index contributed by atoms with van der Waals surface area (Å²) in [6.45, 7) is 3.82. The van der Waals surface area contributed by atoms with Gasteiger partial charge in [0.1, 0.15) is 5.82 Å². The number of halogens is 1. The second-order valence-corrected chi connectivity index (χ2v) is 5.06. The van der Waals surface area contributed by atoms with Crippen LogP contribution in [0.5, 0.6) is 0 Å². The van der Waals surface area contributed by atoms with Crippen LogP contribution in [-0.2, 0) is 0 Å². The molecule has 0 spiro atoms. The van der Waals surface area contributed by atoms with Crippen LogP contribution in [0.2, 0.25) is 0 Å². The Labute approximate surface area is 122 Å². The number of piperazine rings is 1. The van der Waals surface area contributed by atoms with Gasteiger partial charge in [0.15, 0.2) is 5.82 Å². The minimum atomic E-state index is -0.303. The van der Waals surface area contributed by atoms with E-state index in [1.165, 1.54) is 12.1 Å². The predicted molar refractivity (Wildman–Crippen MR) is 79.2 cm³/mol. The first-order chi connectivity index (χ1) is 10.2. The average Bonchev–Trinajstić information content (AvgIpc) is 2.48. The molecule has 3 rings (SSSR count). The Kier molecular flexibility index (Phi) is 3.92. The molecule has 0 atom stereocenters. The average molecular weight is 288 g/mol. The van der Waals surface area contributed by atoms with Crippen molar-refractivity contribution in [2.45, 2.75) is 0 Å². The summed E-state index contributed by atoms with van der Waals surface area (Å²) in [5, 5.41) is 10.9. The number of hydrogen-bond donors (Lipinski definition) is 1. The van der Waals surface area contributed by atoms with Gasteiger partial charge in [-0.05, 0) is 25.2 Å². The maximum atomic E-state index is 13.2. The number of benzene rings is 1. The fourth-order valence-electron chi connectivity index (χ4n) is 2.23. The monoisotopic (exact) mass is 288 g/mol. The van der Waals surface area contributed by atoms with Gasteiger partial charge in [-0.1, -0.05) is 6.07 Å². The van der Waals surface area contributed by atoms with Crippen LogP contribution in [0.25, 0.3) is 0 Å². The van der Waals surface area contributed by atoms with Crippen LogP contribution < -0.4 is 10.2 Å². The molecule has 0 radical (unpaired) electrons. The van der Waals surface area contributed by atoms with Crippen LogP contribution in [-0.4, -0.2) is 53.3 Å². The van der Waals surface area contributed by atoms with E-state index in [0.29, 0.717) is 11.6 Å². The molecule has 1 aromatic carbocycles. The Hall–Kier alpha value is -2.28. The molecule has 21 heavy (non-hydrogen) atoms. The van der Waals surface area contributed by atoms with Crippen LogP contribution in [0.3, 0.4) is 0 Å². The Balaban J connectivity index is 1.74. The molecule has 2 aromatic rings. The second kappa shape index (κ2) is 6.01. The number of aromatic nitrogens is 3. The number of anilines is 3. The van der Waals surface area contributed by atoms with Crippen LogP contribution in [0, 0.1) is 5.82 Å². The fourth-order valence-corrected chi connectivity index (χ4v) is 2.23. The summed E-state index contributed by atoms with van der Waals surface area (Å²) in [6, 6.07) is 6.18. The molecule has 1 aliphatic heterocycles. The number of nitrogens with zero attached hydrogens (tertiary/aromatic N) is 5. The molecule has 6 nitrogen and oxygen atoms in total. The third-order valence-corrected chi connectivity index (χ3v) is 3.45. The van der Waals surface area contributed by atoms with Crippen LogP contribution in [0.15, 0.2) is 30.5 Å². The molecule has 2 heterocycles. The maximum Gasteiger partial charge on any atom is 0.249 e. The summed E-state index contributed by atoms with van der Waals surface area (Å²) in [5.41, 5.74) is 0.604. The molecule has 0 amide bonds. The first-order valence-electron chi connectivity index (χ1n) is 6.86. The highest BCUT2D eigenvalue weighted by molar-refractivity contribution is 5.54. The van der Waals surface area contributed by atoms with Crippen molar-refractivity contribution in [2.75, 3.05) is 43.4 Å². The third-order valence-electron chi connectivity index (χ3n) is 3.45. The smallest absolute Gasteiger partial charge is 0.249 e. The molecule has 0 bridgehead atoms. The summed E-state index contributed by atoms with van der Waals surface area (Å²) in [5.74, 6) is 0.859. The largest absolute Gasteiger partial charge is 0.353 e. The molecule has 1 saturated heterocycles. The van der Waals surface area contributed by atoms with E-state index in [1.54, 1.807) is 18.3 Å². The maximum absolute atomic E-state index is 13.2. The molecule has 0 aliphatic carbocycles. The second-order valence-electron chi connectivity index (χ2n) is 5.06. The molecule has 1 aliphatic rings. The third kappa shape index (κ3) is 3.43. The molecule has 1 fully saturated rings. The molecule has 0 unspecified atom stereocenters. The van der Waals surface area contributed by atoms with E-state index < -0.39 is 0 Å². The van der Waals surface area contributed by atoms with Gasteiger partial charge < -0.3 is 15.1 Å². The van der Waals surface area contributed by atoms with E-state index in [2.05, 4.69) is 37.3 Å². The van der Waals surface area contributed by atoms with Gasteiger partial charge in [-0.25, -0.2) is 4.39 Å². The lowest BCUT2D eigenvalue weighted by Gasteiger charge is -2.32. The number of rotatable bonds is 3. The summed E-state index contributed by atoms with van der Waals surface area (Å²) in [6.07, 6.45) is 1.65. The van der Waals surface area contributed by atoms with E-state index >= 15 is 0 Å². The summed E-state index contributed by atoms with van der Waals surface area (Å²) >= 11 is 0. The Morgan fingerprint density at radius 1 is 1.19 bits per heavy atom. The molecule has 1 N–H and O–H groups in total. The van der Waals surface area contributed by atoms with Crippen molar-refractivity contribution in [3.63, 3.8) is 0 Å². The number of nitrogens with one attached hydrogen (secondary N) is 1. The SMILES string of the molecule is CN1CCN(c2cnnc(Nc3cccc(F)c3)n2)CC1. The predicted octanol–water partition coefficient (Wildman–Crippen LogP) is 1.51. The van der Waals surface area contributed by atoms with Gasteiger partial charge in [0.05, 0.1) is 6.20 Å². The Morgan fingerprint density at radius 3 is 2.76 bits per heavy atom. The van der Waals surface area contributed by atoms with E-state index in [-0.39, 0.29) is 5.82 Å².